The summed E-state index contributed by atoms with van der Waals surface area (Å²) >= 11 is 11.6. The van der Waals surface area contributed by atoms with Gasteiger partial charge in [0, 0.05) is 10.6 Å². The molecule has 2 aromatic rings. The number of amides is 1. The van der Waals surface area contributed by atoms with Gasteiger partial charge in [-0.05, 0) is 37.6 Å². The lowest BCUT2D eigenvalue weighted by molar-refractivity contribution is -0.123. The van der Waals surface area contributed by atoms with E-state index in [1.807, 2.05) is 32.0 Å². The largest absolute Gasteiger partial charge is 0.506 e. The second-order valence-electron chi connectivity index (χ2n) is 5.18. The highest BCUT2D eigenvalue weighted by Crippen LogP contribution is 2.29. The number of carbonyl (C=O) groups excluding carboxylic acids is 1. The molecule has 126 valence electrons. The van der Waals surface area contributed by atoms with Crippen LogP contribution < -0.4 is 10.2 Å². The molecular formula is C17H16Cl2N2O3. The molecule has 0 aliphatic heterocycles. The average Bonchev–Trinajstić information content (AvgIpc) is 2.51. The van der Waals surface area contributed by atoms with Crippen molar-refractivity contribution in [3.63, 3.8) is 0 Å². The number of hydrogen-bond acceptors (Lipinski definition) is 4. The zero-order chi connectivity index (χ0) is 17.7. The van der Waals surface area contributed by atoms with Gasteiger partial charge in [0.05, 0.1) is 11.2 Å². The number of aryl methyl sites for hydroxylation is 2. The average molecular weight is 367 g/mol. The van der Waals surface area contributed by atoms with Crippen molar-refractivity contribution in [2.75, 3.05) is 6.61 Å². The summed E-state index contributed by atoms with van der Waals surface area (Å²) in [5.74, 6) is 0.0448. The Hall–Kier alpha value is -2.24. The number of hydrazone groups is 1. The van der Waals surface area contributed by atoms with Crippen LogP contribution in [0.4, 0.5) is 0 Å². The minimum Gasteiger partial charge on any atom is -0.506 e. The summed E-state index contributed by atoms with van der Waals surface area (Å²) in [6, 6.07) is 8.57. The smallest absolute Gasteiger partial charge is 0.277 e. The number of aromatic hydroxyl groups is 1. The lowest BCUT2D eigenvalue weighted by Gasteiger charge is -2.08. The number of nitrogens with zero attached hydrogens (tertiary/aromatic N) is 1. The van der Waals surface area contributed by atoms with Crippen LogP contribution in [-0.4, -0.2) is 23.8 Å². The molecule has 0 saturated carbocycles. The Morgan fingerprint density at radius 2 is 2.04 bits per heavy atom. The Bertz CT molecular complexity index is 792. The van der Waals surface area contributed by atoms with Crippen molar-refractivity contribution in [2.24, 2.45) is 5.10 Å². The summed E-state index contributed by atoms with van der Waals surface area (Å²) in [6.07, 6.45) is 1.25. The van der Waals surface area contributed by atoms with Gasteiger partial charge in [0.25, 0.3) is 5.91 Å². The topological polar surface area (TPSA) is 70.9 Å². The number of rotatable bonds is 5. The second-order valence-corrected chi connectivity index (χ2v) is 6.02. The second kappa shape index (κ2) is 8.04. The number of carbonyl (C=O) groups is 1. The number of ether oxygens (including phenoxy) is 1. The summed E-state index contributed by atoms with van der Waals surface area (Å²) in [5, 5.41) is 14.0. The van der Waals surface area contributed by atoms with Gasteiger partial charge in [-0.1, -0.05) is 40.9 Å². The molecule has 0 atom stereocenters. The van der Waals surface area contributed by atoms with Crippen molar-refractivity contribution in [2.45, 2.75) is 13.8 Å². The van der Waals surface area contributed by atoms with Gasteiger partial charge in [0.1, 0.15) is 11.5 Å². The van der Waals surface area contributed by atoms with E-state index in [0.717, 1.165) is 11.1 Å². The molecule has 0 aliphatic rings. The molecule has 7 heteroatoms. The number of hydrogen-bond donors (Lipinski definition) is 2. The van der Waals surface area contributed by atoms with Crippen LogP contribution in [0.15, 0.2) is 35.4 Å². The number of phenolic OH excluding ortho intramolecular Hbond substituents is 1. The Balaban J connectivity index is 1.91. The van der Waals surface area contributed by atoms with Crippen LogP contribution in [0.3, 0.4) is 0 Å². The van der Waals surface area contributed by atoms with Crippen molar-refractivity contribution in [3.05, 3.63) is 57.1 Å². The van der Waals surface area contributed by atoms with Gasteiger partial charge < -0.3 is 9.84 Å². The molecule has 2 rings (SSSR count). The maximum atomic E-state index is 11.7. The van der Waals surface area contributed by atoms with Gasteiger partial charge in [-0.2, -0.15) is 5.10 Å². The molecule has 24 heavy (non-hydrogen) atoms. The van der Waals surface area contributed by atoms with Crippen LogP contribution in [0.2, 0.25) is 10.0 Å². The maximum Gasteiger partial charge on any atom is 0.277 e. The molecule has 5 nitrogen and oxygen atoms in total. The van der Waals surface area contributed by atoms with E-state index >= 15 is 0 Å². The fraction of sp³-hybridized carbons (Fsp3) is 0.176. The summed E-state index contributed by atoms with van der Waals surface area (Å²) in [7, 11) is 0. The first-order valence-corrected chi connectivity index (χ1v) is 7.82. The predicted molar refractivity (Wildman–Crippen MR) is 95.3 cm³/mol. The van der Waals surface area contributed by atoms with Crippen molar-refractivity contribution in [1.29, 1.82) is 0 Å². The highest BCUT2D eigenvalue weighted by Gasteiger charge is 2.07. The Morgan fingerprint density at radius 1 is 1.29 bits per heavy atom. The maximum absolute atomic E-state index is 11.7. The Kier molecular flexibility index (Phi) is 6.06. The molecule has 1 amide bonds. The van der Waals surface area contributed by atoms with E-state index in [1.54, 1.807) is 0 Å². The van der Waals surface area contributed by atoms with Crippen LogP contribution in [0.25, 0.3) is 0 Å². The van der Waals surface area contributed by atoms with E-state index in [0.29, 0.717) is 16.3 Å². The van der Waals surface area contributed by atoms with Crippen LogP contribution in [0, 0.1) is 13.8 Å². The van der Waals surface area contributed by atoms with Crippen LogP contribution in [0.5, 0.6) is 11.5 Å². The molecule has 0 spiro atoms. The molecule has 0 heterocycles. The predicted octanol–water partition coefficient (Wildman–Crippen LogP) is 3.84. The standard InChI is InChI=1S/C17H16Cl2N2O3/c1-10-3-4-15(11(2)5-10)24-9-16(22)21-20-8-12-6-13(18)7-14(19)17(12)23/h3-8,23H,9H2,1-2H3,(H,21,22). The lowest BCUT2D eigenvalue weighted by Crippen LogP contribution is -2.24. The normalized spacial score (nSPS) is 10.8. The number of halogens is 2. The molecule has 0 fully saturated rings. The van der Waals surface area contributed by atoms with Gasteiger partial charge in [-0.3, -0.25) is 4.79 Å². The van der Waals surface area contributed by atoms with Gasteiger partial charge in [-0.15, -0.1) is 0 Å². The Labute approximate surface area is 149 Å². The first-order chi connectivity index (χ1) is 11.4. The Morgan fingerprint density at radius 3 is 2.75 bits per heavy atom. The van der Waals surface area contributed by atoms with Crippen LogP contribution in [0.1, 0.15) is 16.7 Å². The highest BCUT2D eigenvalue weighted by molar-refractivity contribution is 6.36. The van der Waals surface area contributed by atoms with Crippen molar-refractivity contribution < 1.29 is 14.6 Å². The molecule has 0 saturated heterocycles. The molecule has 2 aromatic carbocycles. The first-order valence-electron chi connectivity index (χ1n) is 7.07. The summed E-state index contributed by atoms with van der Waals surface area (Å²) in [4.78, 5) is 11.7. The van der Waals surface area contributed by atoms with E-state index in [1.165, 1.54) is 18.3 Å². The number of benzene rings is 2. The zero-order valence-corrected chi connectivity index (χ0v) is 14.6. The third kappa shape index (κ3) is 4.88. The SMILES string of the molecule is Cc1ccc(OCC(=O)NN=Cc2cc(Cl)cc(Cl)c2O)c(C)c1. The zero-order valence-electron chi connectivity index (χ0n) is 13.1. The van der Waals surface area contributed by atoms with E-state index in [-0.39, 0.29) is 17.4 Å². The van der Waals surface area contributed by atoms with Gasteiger partial charge in [-0.25, -0.2) is 5.43 Å². The molecule has 0 aromatic heterocycles. The summed E-state index contributed by atoms with van der Waals surface area (Å²) in [6.45, 7) is 3.71. The molecular weight excluding hydrogens is 351 g/mol. The fourth-order valence-corrected chi connectivity index (χ4v) is 2.50. The van der Waals surface area contributed by atoms with Gasteiger partial charge >= 0.3 is 0 Å². The lowest BCUT2D eigenvalue weighted by atomic mass is 10.1. The minimum absolute atomic E-state index is 0.105. The third-order valence-corrected chi connectivity index (χ3v) is 3.65. The monoisotopic (exact) mass is 366 g/mol. The number of phenols is 1. The number of nitrogens with one attached hydrogen (secondary N) is 1. The summed E-state index contributed by atoms with van der Waals surface area (Å²) in [5.41, 5.74) is 4.67. The molecule has 2 N–H and O–H groups in total. The molecule has 0 aliphatic carbocycles. The fourth-order valence-electron chi connectivity index (χ4n) is 1.99. The third-order valence-electron chi connectivity index (χ3n) is 3.14. The van der Waals surface area contributed by atoms with E-state index in [2.05, 4.69) is 10.5 Å². The van der Waals surface area contributed by atoms with Crippen LogP contribution >= 0.6 is 23.2 Å². The van der Waals surface area contributed by atoms with Crippen LogP contribution in [-0.2, 0) is 4.79 Å². The van der Waals surface area contributed by atoms with E-state index in [9.17, 15) is 9.90 Å². The van der Waals surface area contributed by atoms with E-state index < -0.39 is 5.91 Å². The van der Waals surface area contributed by atoms with Crippen molar-refractivity contribution >= 4 is 35.3 Å². The van der Waals surface area contributed by atoms with Gasteiger partial charge in [0.2, 0.25) is 0 Å². The van der Waals surface area contributed by atoms with Gasteiger partial charge in [0.15, 0.2) is 6.61 Å². The van der Waals surface area contributed by atoms with E-state index in [4.69, 9.17) is 27.9 Å². The van der Waals surface area contributed by atoms with Crippen molar-refractivity contribution in [3.8, 4) is 11.5 Å². The van der Waals surface area contributed by atoms with Crippen molar-refractivity contribution in [1.82, 2.24) is 5.43 Å². The quantitative estimate of drug-likeness (QED) is 0.623. The minimum atomic E-state index is -0.432. The highest BCUT2D eigenvalue weighted by atomic mass is 35.5. The molecule has 0 unspecified atom stereocenters. The molecule has 0 bridgehead atoms. The molecule has 0 radical (unpaired) electrons. The summed E-state index contributed by atoms with van der Waals surface area (Å²) < 4.78 is 5.44. The first kappa shape index (κ1) is 18.1.